The van der Waals surface area contributed by atoms with Crippen LogP contribution in [0.2, 0.25) is 0 Å². The lowest BCUT2D eigenvalue weighted by Gasteiger charge is -2.29. The highest BCUT2D eigenvalue weighted by Gasteiger charge is 2.31. The first-order valence-electron chi connectivity index (χ1n) is 10.00. The number of hydrogen-bond donors (Lipinski definition) is 0. The second-order valence-electron chi connectivity index (χ2n) is 7.40. The smallest absolute Gasteiger partial charge is 0.243 e. The maximum absolute atomic E-state index is 13.3. The van der Waals surface area contributed by atoms with Gasteiger partial charge in [0.25, 0.3) is 0 Å². The van der Waals surface area contributed by atoms with Gasteiger partial charge in [-0.1, -0.05) is 6.42 Å². The number of hydrogen-bond acceptors (Lipinski definition) is 5. The molecule has 3 rings (SSSR count). The molecule has 0 aromatic heterocycles. The molecule has 7 nitrogen and oxygen atoms in total. The molecule has 2 aliphatic heterocycles. The van der Waals surface area contributed by atoms with Gasteiger partial charge in [0, 0.05) is 32.2 Å². The van der Waals surface area contributed by atoms with Crippen molar-refractivity contribution in [2.75, 3.05) is 40.4 Å². The number of benzene rings is 1. The topological polar surface area (TPSA) is 76.2 Å². The summed E-state index contributed by atoms with van der Waals surface area (Å²) >= 11 is 0. The lowest BCUT2D eigenvalue weighted by molar-refractivity contribution is -0.131. The Morgan fingerprint density at radius 3 is 2.00 bits per heavy atom. The molecule has 0 unspecified atom stereocenters. The van der Waals surface area contributed by atoms with Crippen LogP contribution in [0.1, 0.15) is 44.1 Å². The molecule has 0 radical (unpaired) electrons. The normalized spacial score (nSPS) is 18.7. The van der Waals surface area contributed by atoms with Crippen molar-refractivity contribution in [3.8, 4) is 11.5 Å². The van der Waals surface area contributed by atoms with Gasteiger partial charge in [0.1, 0.15) is 0 Å². The quantitative estimate of drug-likeness (QED) is 0.720. The van der Waals surface area contributed by atoms with Crippen LogP contribution in [-0.2, 0) is 21.2 Å². The summed E-state index contributed by atoms with van der Waals surface area (Å²) in [6, 6.07) is 3.14. The second-order valence-corrected chi connectivity index (χ2v) is 9.30. The number of piperidine rings is 2. The molecular weight excluding hydrogens is 380 g/mol. The molecular formula is C20H30N2O5S. The van der Waals surface area contributed by atoms with E-state index in [2.05, 4.69) is 0 Å². The number of methoxy groups -OCH3 is 2. The van der Waals surface area contributed by atoms with Crippen LogP contribution in [0.4, 0.5) is 0 Å². The number of ether oxygens (including phenoxy) is 2. The molecule has 156 valence electrons. The molecule has 0 saturated carbocycles. The third kappa shape index (κ3) is 4.43. The lowest BCUT2D eigenvalue weighted by atomic mass is 10.1. The van der Waals surface area contributed by atoms with Crippen molar-refractivity contribution in [3.05, 3.63) is 17.7 Å². The Morgan fingerprint density at radius 1 is 0.893 bits per heavy atom. The zero-order valence-corrected chi connectivity index (χ0v) is 17.6. The van der Waals surface area contributed by atoms with Gasteiger partial charge in [-0.25, -0.2) is 8.42 Å². The fourth-order valence-corrected chi connectivity index (χ4v) is 5.68. The van der Waals surface area contributed by atoms with Gasteiger partial charge in [-0.15, -0.1) is 0 Å². The largest absolute Gasteiger partial charge is 0.493 e. The molecule has 0 aliphatic carbocycles. The number of likely N-dealkylation sites (tertiary alicyclic amines) is 1. The monoisotopic (exact) mass is 410 g/mol. The van der Waals surface area contributed by atoms with E-state index in [9.17, 15) is 13.2 Å². The zero-order valence-electron chi connectivity index (χ0n) is 16.8. The highest BCUT2D eigenvalue weighted by atomic mass is 32.2. The summed E-state index contributed by atoms with van der Waals surface area (Å²) in [6.07, 6.45) is 5.92. The third-order valence-corrected chi connectivity index (χ3v) is 7.53. The highest BCUT2D eigenvalue weighted by molar-refractivity contribution is 7.89. The molecule has 1 amide bonds. The SMILES string of the molecule is COc1cc(CC(=O)N2CCCCC2)c(S(=O)(=O)N2CCCCC2)cc1OC. The van der Waals surface area contributed by atoms with Crippen molar-refractivity contribution in [3.63, 3.8) is 0 Å². The fourth-order valence-electron chi connectivity index (χ4n) is 3.94. The molecule has 0 bridgehead atoms. The van der Waals surface area contributed by atoms with E-state index in [1.165, 1.54) is 24.6 Å². The Balaban J connectivity index is 1.97. The minimum atomic E-state index is -3.70. The van der Waals surface area contributed by atoms with Gasteiger partial charge in [0.2, 0.25) is 15.9 Å². The summed E-state index contributed by atoms with van der Waals surface area (Å²) in [7, 11) is -0.713. The molecule has 2 aliphatic rings. The van der Waals surface area contributed by atoms with Crippen molar-refractivity contribution in [1.29, 1.82) is 0 Å². The van der Waals surface area contributed by atoms with E-state index >= 15 is 0 Å². The predicted octanol–water partition coefficient (Wildman–Crippen LogP) is 2.43. The molecule has 1 aromatic carbocycles. The molecule has 0 atom stereocenters. The Bertz CT molecular complexity index is 797. The lowest BCUT2D eigenvalue weighted by Crippen LogP contribution is -2.38. The summed E-state index contributed by atoms with van der Waals surface area (Å²) in [5.41, 5.74) is 0.471. The van der Waals surface area contributed by atoms with Gasteiger partial charge in [-0.05, 0) is 43.7 Å². The van der Waals surface area contributed by atoms with Crippen molar-refractivity contribution in [2.24, 2.45) is 0 Å². The van der Waals surface area contributed by atoms with Crippen molar-refractivity contribution in [1.82, 2.24) is 9.21 Å². The zero-order chi connectivity index (χ0) is 20.1. The maximum atomic E-state index is 13.3. The number of amides is 1. The van der Waals surface area contributed by atoms with Crippen molar-refractivity contribution < 1.29 is 22.7 Å². The maximum Gasteiger partial charge on any atom is 0.243 e. The summed E-state index contributed by atoms with van der Waals surface area (Å²) in [5, 5.41) is 0. The van der Waals surface area contributed by atoms with Crippen LogP contribution in [0.25, 0.3) is 0 Å². The first kappa shape index (κ1) is 20.9. The number of carbonyl (C=O) groups is 1. The summed E-state index contributed by atoms with van der Waals surface area (Å²) in [5.74, 6) is 0.746. The van der Waals surface area contributed by atoms with Crippen LogP contribution in [0.15, 0.2) is 17.0 Å². The third-order valence-electron chi connectivity index (χ3n) is 5.55. The van der Waals surface area contributed by atoms with E-state index in [-0.39, 0.29) is 17.2 Å². The van der Waals surface area contributed by atoms with Gasteiger partial charge >= 0.3 is 0 Å². The van der Waals surface area contributed by atoms with Crippen molar-refractivity contribution in [2.45, 2.75) is 49.8 Å². The first-order valence-corrected chi connectivity index (χ1v) is 11.4. The van der Waals surface area contributed by atoms with E-state index in [0.29, 0.717) is 30.2 Å². The van der Waals surface area contributed by atoms with Gasteiger partial charge in [-0.2, -0.15) is 4.31 Å². The van der Waals surface area contributed by atoms with E-state index in [1.807, 2.05) is 4.90 Å². The van der Waals surface area contributed by atoms with Crippen molar-refractivity contribution >= 4 is 15.9 Å². The summed E-state index contributed by atoms with van der Waals surface area (Å²) in [6.45, 7) is 2.49. The van der Waals surface area contributed by atoms with Gasteiger partial charge in [0.15, 0.2) is 11.5 Å². The van der Waals surface area contributed by atoms with E-state index in [0.717, 1.165) is 51.6 Å². The average Bonchev–Trinajstić information content (AvgIpc) is 2.74. The van der Waals surface area contributed by atoms with Crippen LogP contribution in [0, 0.1) is 0 Å². The van der Waals surface area contributed by atoms with E-state index in [1.54, 1.807) is 6.07 Å². The number of carbonyl (C=O) groups excluding carboxylic acids is 1. The van der Waals surface area contributed by atoms with Gasteiger partial charge in [-0.3, -0.25) is 4.79 Å². The molecule has 1 aromatic rings. The van der Waals surface area contributed by atoms with Crippen LogP contribution < -0.4 is 9.47 Å². The molecule has 2 saturated heterocycles. The van der Waals surface area contributed by atoms with Crippen LogP contribution in [0.3, 0.4) is 0 Å². The Kier molecular flexibility index (Phi) is 6.82. The minimum absolute atomic E-state index is 0.0398. The molecule has 2 heterocycles. The van der Waals surface area contributed by atoms with E-state index in [4.69, 9.17) is 9.47 Å². The minimum Gasteiger partial charge on any atom is -0.493 e. The Labute approximate surface area is 167 Å². The highest BCUT2D eigenvalue weighted by Crippen LogP contribution is 2.35. The van der Waals surface area contributed by atoms with Gasteiger partial charge in [0.05, 0.1) is 25.5 Å². The van der Waals surface area contributed by atoms with Crippen LogP contribution in [0.5, 0.6) is 11.5 Å². The number of nitrogens with zero attached hydrogens (tertiary/aromatic N) is 2. The van der Waals surface area contributed by atoms with Crippen LogP contribution >= 0.6 is 0 Å². The molecule has 0 N–H and O–H groups in total. The molecule has 0 spiro atoms. The first-order chi connectivity index (χ1) is 13.5. The summed E-state index contributed by atoms with van der Waals surface area (Å²) < 4.78 is 38.9. The second kappa shape index (κ2) is 9.13. The fraction of sp³-hybridized carbons (Fsp3) is 0.650. The number of sulfonamides is 1. The number of rotatable bonds is 6. The molecule has 8 heteroatoms. The predicted molar refractivity (Wildman–Crippen MR) is 106 cm³/mol. The standard InChI is InChI=1S/C20H30N2O5S/c1-26-17-13-16(14-20(23)21-9-5-3-6-10-21)19(15-18(17)27-2)28(24,25)22-11-7-4-8-12-22/h13,15H,3-12,14H2,1-2H3. The Morgan fingerprint density at radius 2 is 1.43 bits per heavy atom. The van der Waals surface area contributed by atoms with E-state index < -0.39 is 10.0 Å². The molecule has 28 heavy (non-hydrogen) atoms. The Hall–Kier alpha value is -1.80. The average molecular weight is 411 g/mol. The molecule has 2 fully saturated rings. The van der Waals surface area contributed by atoms with Gasteiger partial charge < -0.3 is 14.4 Å². The van der Waals surface area contributed by atoms with Crippen LogP contribution in [-0.4, -0.2) is 63.9 Å². The summed E-state index contributed by atoms with van der Waals surface area (Å²) in [4.78, 5) is 14.8.